The zero-order valence-electron chi connectivity index (χ0n) is 19.2. The van der Waals surface area contributed by atoms with E-state index in [1.54, 1.807) is 42.6 Å². The number of pyridine rings is 2. The summed E-state index contributed by atoms with van der Waals surface area (Å²) in [4.78, 5) is 19.3. The molecule has 0 saturated carbocycles. The highest BCUT2D eigenvalue weighted by molar-refractivity contribution is 7.91. The number of carbonyl (C=O) groups is 1. The van der Waals surface area contributed by atoms with Gasteiger partial charge in [0, 0.05) is 33.9 Å². The Morgan fingerprint density at radius 1 is 1.08 bits per heavy atom. The van der Waals surface area contributed by atoms with Gasteiger partial charge in [0.2, 0.25) is 0 Å². The van der Waals surface area contributed by atoms with Crippen molar-refractivity contribution in [3.63, 3.8) is 0 Å². The van der Waals surface area contributed by atoms with Gasteiger partial charge in [-0.25, -0.2) is 18.2 Å². The van der Waals surface area contributed by atoms with Crippen molar-refractivity contribution in [1.82, 2.24) is 9.97 Å². The smallest absolute Gasteiger partial charge is 0.354 e. The Morgan fingerprint density at radius 3 is 2.64 bits per heavy atom. The molecule has 7 nitrogen and oxygen atoms in total. The lowest BCUT2D eigenvalue weighted by molar-refractivity contribution is 0.0690. The summed E-state index contributed by atoms with van der Waals surface area (Å²) in [5, 5.41) is 10.1. The summed E-state index contributed by atoms with van der Waals surface area (Å²) in [6, 6.07) is 14.9. The van der Waals surface area contributed by atoms with E-state index in [0.717, 1.165) is 5.56 Å². The maximum atomic E-state index is 13.2. The number of hydrogen-bond donors (Lipinski definition) is 1. The van der Waals surface area contributed by atoms with Crippen LogP contribution in [0.5, 0.6) is 5.75 Å². The summed E-state index contributed by atoms with van der Waals surface area (Å²) < 4.78 is 31.7. The third-order valence-corrected chi connectivity index (χ3v) is 7.56. The molecule has 2 aromatic carbocycles. The number of carboxylic acid groups (broad SMARTS) is 1. The Bertz CT molecular complexity index is 1610. The first-order valence-corrected chi connectivity index (χ1v) is 13.0. The summed E-state index contributed by atoms with van der Waals surface area (Å²) >= 11 is 6.16. The first-order chi connectivity index (χ1) is 17.3. The highest BCUT2D eigenvalue weighted by atomic mass is 35.5. The molecule has 0 aliphatic carbocycles. The monoisotopic (exact) mass is 520 g/mol. The number of nitrogens with zero attached hydrogens (tertiary/aromatic N) is 2. The van der Waals surface area contributed by atoms with Crippen molar-refractivity contribution in [2.24, 2.45) is 0 Å². The normalized spacial score (nSPS) is 11.1. The van der Waals surface area contributed by atoms with E-state index in [1.165, 1.54) is 25.4 Å². The number of hydrogen-bond acceptors (Lipinski definition) is 6. The number of methoxy groups -OCH3 is 1. The van der Waals surface area contributed by atoms with Gasteiger partial charge in [0.05, 0.1) is 23.3 Å². The third-order valence-electron chi connectivity index (χ3n) is 5.50. The predicted molar refractivity (Wildman–Crippen MR) is 137 cm³/mol. The van der Waals surface area contributed by atoms with Crippen LogP contribution in [0.1, 0.15) is 33.6 Å². The van der Waals surface area contributed by atoms with Gasteiger partial charge in [-0.1, -0.05) is 29.5 Å². The molecule has 0 atom stereocenters. The number of carboxylic acids is 1. The average Bonchev–Trinajstić information content (AvgIpc) is 2.88. The van der Waals surface area contributed by atoms with Gasteiger partial charge in [0.1, 0.15) is 11.4 Å². The van der Waals surface area contributed by atoms with E-state index >= 15 is 0 Å². The van der Waals surface area contributed by atoms with Gasteiger partial charge in [-0.3, -0.25) is 4.98 Å². The molecular weight excluding hydrogens is 500 g/mol. The van der Waals surface area contributed by atoms with E-state index in [1.807, 2.05) is 6.07 Å². The Hall–Kier alpha value is -3.93. The van der Waals surface area contributed by atoms with Crippen LogP contribution in [-0.2, 0) is 16.3 Å². The molecule has 36 heavy (non-hydrogen) atoms. The van der Waals surface area contributed by atoms with Crippen molar-refractivity contribution in [3.8, 4) is 17.6 Å². The number of aromatic nitrogens is 2. The lowest BCUT2D eigenvalue weighted by atomic mass is 10.0. The van der Waals surface area contributed by atoms with E-state index in [-0.39, 0.29) is 16.3 Å². The molecule has 0 saturated heterocycles. The molecule has 0 unspecified atom stereocenters. The minimum absolute atomic E-state index is 0.0648. The van der Waals surface area contributed by atoms with E-state index in [2.05, 4.69) is 21.8 Å². The Labute approximate surface area is 213 Å². The number of sulfone groups is 1. The standard InChI is InChI=1S/C27H21ClN2O5S/c1-35-24-12-13-25(26-22(24)5-2-14-29-26)36(33,34)15-3-4-19-9-10-21(28)16-20(19)8-6-18-7-11-23(27(31)32)30-17-18/h2,5,7,9-14,16-17H,3-4,15H2,1H3,(H,31,32). The highest BCUT2D eigenvalue weighted by Gasteiger charge is 2.20. The van der Waals surface area contributed by atoms with Gasteiger partial charge in [0.25, 0.3) is 0 Å². The number of aromatic carboxylic acids is 1. The average molecular weight is 521 g/mol. The van der Waals surface area contributed by atoms with Crippen LogP contribution in [0.2, 0.25) is 5.02 Å². The van der Waals surface area contributed by atoms with Crippen LogP contribution in [0.4, 0.5) is 0 Å². The van der Waals surface area contributed by atoms with Gasteiger partial charge in [-0.05, 0) is 66.9 Å². The van der Waals surface area contributed by atoms with E-state index in [4.69, 9.17) is 21.4 Å². The van der Waals surface area contributed by atoms with Crippen LogP contribution in [0.15, 0.2) is 71.9 Å². The number of ether oxygens (including phenoxy) is 1. The molecule has 1 N–H and O–H groups in total. The lowest BCUT2D eigenvalue weighted by Crippen LogP contribution is -2.09. The van der Waals surface area contributed by atoms with Crippen molar-refractivity contribution >= 4 is 38.3 Å². The number of benzene rings is 2. The van der Waals surface area contributed by atoms with Gasteiger partial charge < -0.3 is 9.84 Å². The first-order valence-electron chi connectivity index (χ1n) is 10.9. The largest absolute Gasteiger partial charge is 0.496 e. The van der Waals surface area contributed by atoms with Crippen LogP contribution in [0.3, 0.4) is 0 Å². The minimum atomic E-state index is -3.61. The molecule has 0 bridgehead atoms. The van der Waals surface area contributed by atoms with Gasteiger partial charge >= 0.3 is 5.97 Å². The van der Waals surface area contributed by atoms with Crippen LogP contribution < -0.4 is 4.74 Å². The lowest BCUT2D eigenvalue weighted by Gasteiger charge is -2.11. The van der Waals surface area contributed by atoms with Gasteiger partial charge in [0.15, 0.2) is 9.84 Å². The molecule has 4 aromatic rings. The molecule has 182 valence electrons. The molecule has 0 aliphatic rings. The van der Waals surface area contributed by atoms with Crippen molar-refractivity contribution in [2.45, 2.75) is 17.7 Å². The number of halogens is 1. The SMILES string of the molecule is COc1ccc(S(=O)(=O)CCCc2ccc(Cl)cc2C#Cc2ccc(C(=O)O)nc2)c2ncccc12. The molecule has 9 heteroatoms. The van der Waals surface area contributed by atoms with Crippen molar-refractivity contribution < 1.29 is 23.1 Å². The molecule has 4 rings (SSSR count). The Kier molecular flexibility index (Phi) is 7.53. The number of aryl methyl sites for hydroxylation is 1. The summed E-state index contributed by atoms with van der Waals surface area (Å²) in [7, 11) is -2.07. The molecule has 2 heterocycles. The number of fused-ring (bicyclic) bond motifs is 1. The topological polar surface area (TPSA) is 106 Å². The molecule has 2 aromatic heterocycles. The highest BCUT2D eigenvalue weighted by Crippen LogP contribution is 2.30. The van der Waals surface area contributed by atoms with Crippen molar-refractivity contribution in [1.29, 1.82) is 0 Å². The van der Waals surface area contributed by atoms with Gasteiger partial charge in [-0.2, -0.15) is 0 Å². The zero-order chi connectivity index (χ0) is 25.7. The summed E-state index contributed by atoms with van der Waals surface area (Å²) in [5.41, 5.74) is 2.39. The van der Waals surface area contributed by atoms with Crippen LogP contribution in [-0.4, -0.2) is 42.3 Å². The second-order valence-corrected chi connectivity index (χ2v) is 10.4. The zero-order valence-corrected chi connectivity index (χ0v) is 20.8. The quantitative estimate of drug-likeness (QED) is 0.349. The fraction of sp³-hybridized carbons (Fsp3) is 0.148. The fourth-order valence-corrected chi connectivity index (χ4v) is 5.38. The van der Waals surface area contributed by atoms with E-state index in [0.29, 0.717) is 45.6 Å². The van der Waals surface area contributed by atoms with Crippen molar-refractivity contribution in [2.75, 3.05) is 12.9 Å². The summed E-state index contributed by atoms with van der Waals surface area (Å²) in [6.45, 7) is 0. The molecule has 0 fully saturated rings. The second kappa shape index (κ2) is 10.8. The van der Waals surface area contributed by atoms with Gasteiger partial charge in [-0.15, -0.1) is 0 Å². The first kappa shape index (κ1) is 25.2. The Balaban J connectivity index is 1.53. The molecule has 0 radical (unpaired) electrons. The van der Waals surface area contributed by atoms with Crippen molar-refractivity contribution in [3.05, 3.63) is 94.4 Å². The molecule has 0 amide bonds. The molecule has 0 aliphatic heterocycles. The fourth-order valence-electron chi connectivity index (χ4n) is 3.73. The van der Waals surface area contributed by atoms with E-state index < -0.39 is 15.8 Å². The molecular formula is C27H21ClN2O5S. The third kappa shape index (κ3) is 5.65. The Morgan fingerprint density at radius 2 is 1.92 bits per heavy atom. The maximum absolute atomic E-state index is 13.2. The summed E-state index contributed by atoms with van der Waals surface area (Å²) in [6.07, 6.45) is 3.79. The van der Waals surface area contributed by atoms with Crippen LogP contribution in [0.25, 0.3) is 10.9 Å². The predicted octanol–water partition coefficient (Wildman–Crippen LogP) is 4.80. The second-order valence-electron chi connectivity index (χ2n) is 7.88. The maximum Gasteiger partial charge on any atom is 0.354 e. The van der Waals surface area contributed by atoms with Crippen LogP contribution in [0, 0.1) is 11.8 Å². The van der Waals surface area contributed by atoms with Crippen LogP contribution >= 0.6 is 11.6 Å². The number of rotatable bonds is 7. The molecule has 0 spiro atoms. The minimum Gasteiger partial charge on any atom is -0.496 e. The van der Waals surface area contributed by atoms with E-state index in [9.17, 15) is 13.2 Å². The summed E-state index contributed by atoms with van der Waals surface area (Å²) in [5.74, 6) is 5.38.